The second-order valence-corrected chi connectivity index (χ2v) is 8.22. The Morgan fingerprint density at radius 1 is 1.31 bits per heavy atom. The van der Waals surface area contributed by atoms with Crippen LogP contribution in [0.5, 0.6) is 11.6 Å². The van der Waals surface area contributed by atoms with Crippen LogP contribution in [0.4, 0.5) is 5.69 Å². The SMILES string of the molecule is COc1cccc(N2CC(NC(=O)c3ccnc(OC4CCSC4)c3)CC2=O)c1. The van der Waals surface area contributed by atoms with Crippen molar-refractivity contribution in [2.24, 2.45) is 0 Å². The van der Waals surface area contributed by atoms with Crippen LogP contribution in [0.2, 0.25) is 0 Å². The van der Waals surface area contributed by atoms with Crippen molar-refractivity contribution in [2.75, 3.05) is 30.1 Å². The third-order valence-electron chi connectivity index (χ3n) is 5.00. The summed E-state index contributed by atoms with van der Waals surface area (Å²) in [6.07, 6.45) is 2.98. The van der Waals surface area contributed by atoms with Gasteiger partial charge in [0.15, 0.2) is 0 Å². The fourth-order valence-electron chi connectivity index (χ4n) is 3.49. The Labute approximate surface area is 173 Å². The number of anilines is 1. The van der Waals surface area contributed by atoms with Crippen molar-refractivity contribution in [3.05, 3.63) is 48.2 Å². The summed E-state index contributed by atoms with van der Waals surface area (Å²) in [6, 6.07) is 10.4. The molecule has 0 spiro atoms. The molecule has 8 heteroatoms. The third kappa shape index (κ3) is 4.64. The average molecular weight is 413 g/mol. The highest BCUT2D eigenvalue weighted by Crippen LogP contribution is 2.26. The van der Waals surface area contributed by atoms with Crippen LogP contribution in [0.1, 0.15) is 23.2 Å². The Balaban J connectivity index is 1.39. The molecule has 29 heavy (non-hydrogen) atoms. The molecule has 2 atom stereocenters. The summed E-state index contributed by atoms with van der Waals surface area (Å²) in [5.74, 6) is 2.93. The van der Waals surface area contributed by atoms with Gasteiger partial charge in [0.1, 0.15) is 11.9 Å². The first-order chi connectivity index (χ1) is 14.1. The molecule has 0 saturated carbocycles. The van der Waals surface area contributed by atoms with Gasteiger partial charge in [-0.3, -0.25) is 9.59 Å². The number of methoxy groups -OCH3 is 1. The number of thioether (sulfide) groups is 1. The first kappa shape index (κ1) is 19.6. The van der Waals surface area contributed by atoms with Crippen LogP contribution in [0.25, 0.3) is 0 Å². The number of ether oxygens (including phenoxy) is 2. The van der Waals surface area contributed by atoms with Gasteiger partial charge in [0, 0.05) is 48.3 Å². The van der Waals surface area contributed by atoms with E-state index in [0.717, 1.165) is 23.6 Å². The van der Waals surface area contributed by atoms with Gasteiger partial charge in [-0.2, -0.15) is 11.8 Å². The number of carbonyl (C=O) groups excluding carboxylic acids is 2. The van der Waals surface area contributed by atoms with Gasteiger partial charge < -0.3 is 19.7 Å². The third-order valence-corrected chi connectivity index (χ3v) is 6.13. The lowest BCUT2D eigenvalue weighted by atomic mass is 10.2. The van der Waals surface area contributed by atoms with E-state index in [-0.39, 0.29) is 30.4 Å². The number of nitrogens with one attached hydrogen (secondary N) is 1. The molecule has 152 valence electrons. The van der Waals surface area contributed by atoms with Crippen molar-refractivity contribution < 1.29 is 19.1 Å². The molecule has 0 radical (unpaired) electrons. The maximum absolute atomic E-state index is 12.7. The zero-order valence-corrected chi connectivity index (χ0v) is 17.0. The predicted octanol–water partition coefficient (Wildman–Crippen LogP) is 2.51. The standard InChI is InChI=1S/C21H23N3O4S/c1-27-17-4-2-3-16(11-17)24-12-15(10-20(24)25)23-21(26)14-5-7-22-19(9-14)28-18-6-8-29-13-18/h2-5,7,9,11,15,18H,6,8,10,12-13H2,1H3,(H,23,26). The highest BCUT2D eigenvalue weighted by Gasteiger charge is 2.32. The van der Waals surface area contributed by atoms with E-state index < -0.39 is 0 Å². The molecule has 4 rings (SSSR count). The molecular weight excluding hydrogens is 390 g/mol. The van der Waals surface area contributed by atoms with E-state index in [0.29, 0.717) is 23.7 Å². The lowest BCUT2D eigenvalue weighted by Crippen LogP contribution is -2.37. The Morgan fingerprint density at radius 2 is 2.21 bits per heavy atom. The van der Waals surface area contributed by atoms with Crippen molar-refractivity contribution in [1.29, 1.82) is 0 Å². The van der Waals surface area contributed by atoms with Crippen LogP contribution >= 0.6 is 11.8 Å². The Hall–Kier alpha value is -2.74. The van der Waals surface area contributed by atoms with Crippen LogP contribution in [0.3, 0.4) is 0 Å². The van der Waals surface area contributed by atoms with E-state index in [4.69, 9.17) is 9.47 Å². The summed E-state index contributed by atoms with van der Waals surface area (Å²) >= 11 is 1.86. The van der Waals surface area contributed by atoms with Crippen LogP contribution in [-0.4, -0.2) is 54.1 Å². The van der Waals surface area contributed by atoms with Crippen LogP contribution in [-0.2, 0) is 4.79 Å². The van der Waals surface area contributed by atoms with Gasteiger partial charge in [0.05, 0.1) is 13.2 Å². The fraction of sp³-hybridized carbons (Fsp3) is 0.381. The molecule has 2 aromatic rings. The van der Waals surface area contributed by atoms with Gasteiger partial charge >= 0.3 is 0 Å². The summed E-state index contributed by atoms with van der Waals surface area (Å²) in [4.78, 5) is 31.0. The second kappa shape index (κ2) is 8.73. The number of nitrogens with zero attached hydrogens (tertiary/aromatic N) is 2. The molecule has 0 bridgehead atoms. The summed E-state index contributed by atoms with van der Waals surface area (Å²) < 4.78 is 11.1. The van der Waals surface area contributed by atoms with Crippen LogP contribution in [0, 0.1) is 0 Å². The summed E-state index contributed by atoms with van der Waals surface area (Å²) in [7, 11) is 1.59. The molecule has 1 aromatic heterocycles. The minimum atomic E-state index is -0.259. The highest BCUT2D eigenvalue weighted by atomic mass is 32.2. The predicted molar refractivity (Wildman–Crippen MR) is 112 cm³/mol. The summed E-state index contributed by atoms with van der Waals surface area (Å²) in [6.45, 7) is 0.422. The molecule has 2 aliphatic heterocycles. The van der Waals surface area contributed by atoms with E-state index in [1.54, 1.807) is 30.3 Å². The fourth-order valence-corrected chi connectivity index (χ4v) is 4.59. The molecule has 2 unspecified atom stereocenters. The van der Waals surface area contributed by atoms with Gasteiger partial charge in [0.2, 0.25) is 11.8 Å². The molecule has 0 aliphatic carbocycles. The molecule has 2 saturated heterocycles. The molecule has 1 aromatic carbocycles. The van der Waals surface area contributed by atoms with Crippen molar-refractivity contribution in [2.45, 2.75) is 25.0 Å². The summed E-state index contributed by atoms with van der Waals surface area (Å²) in [5, 5.41) is 2.95. The first-order valence-electron chi connectivity index (χ1n) is 9.58. The van der Waals surface area contributed by atoms with Crippen molar-refractivity contribution in [3.63, 3.8) is 0 Å². The Kier molecular flexibility index (Phi) is 5.89. The number of hydrogen-bond acceptors (Lipinski definition) is 6. The van der Waals surface area contributed by atoms with Crippen LogP contribution in [0.15, 0.2) is 42.6 Å². The number of benzene rings is 1. The quantitative estimate of drug-likeness (QED) is 0.784. The lowest BCUT2D eigenvalue weighted by molar-refractivity contribution is -0.117. The van der Waals surface area contributed by atoms with E-state index in [2.05, 4.69) is 10.3 Å². The van der Waals surface area contributed by atoms with Gasteiger partial charge in [-0.25, -0.2) is 4.98 Å². The first-order valence-corrected chi connectivity index (χ1v) is 10.7. The van der Waals surface area contributed by atoms with Crippen molar-refractivity contribution in [1.82, 2.24) is 10.3 Å². The molecular formula is C21H23N3O4S. The molecule has 2 amide bonds. The minimum absolute atomic E-state index is 0.0268. The Morgan fingerprint density at radius 3 is 3.00 bits per heavy atom. The average Bonchev–Trinajstić information content (AvgIpc) is 3.37. The zero-order valence-electron chi connectivity index (χ0n) is 16.2. The topological polar surface area (TPSA) is 80.8 Å². The largest absolute Gasteiger partial charge is 0.497 e. The van der Waals surface area contributed by atoms with E-state index >= 15 is 0 Å². The molecule has 2 fully saturated rings. The molecule has 2 aliphatic rings. The monoisotopic (exact) mass is 413 g/mol. The number of rotatable bonds is 6. The second-order valence-electron chi connectivity index (χ2n) is 7.07. The molecule has 3 heterocycles. The lowest BCUT2D eigenvalue weighted by Gasteiger charge is -2.18. The maximum Gasteiger partial charge on any atom is 0.251 e. The molecule has 1 N–H and O–H groups in total. The van der Waals surface area contributed by atoms with Crippen molar-refractivity contribution >= 4 is 29.3 Å². The van der Waals surface area contributed by atoms with Crippen molar-refractivity contribution in [3.8, 4) is 11.6 Å². The van der Waals surface area contributed by atoms with E-state index in [9.17, 15) is 9.59 Å². The number of amides is 2. The number of hydrogen-bond donors (Lipinski definition) is 1. The van der Waals surface area contributed by atoms with Gasteiger partial charge in [-0.15, -0.1) is 0 Å². The maximum atomic E-state index is 12.7. The number of aromatic nitrogens is 1. The van der Waals surface area contributed by atoms with Gasteiger partial charge in [-0.1, -0.05) is 6.07 Å². The number of pyridine rings is 1. The van der Waals surface area contributed by atoms with E-state index in [1.807, 2.05) is 36.0 Å². The van der Waals surface area contributed by atoms with Crippen LogP contribution < -0.4 is 19.7 Å². The highest BCUT2D eigenvalue weighted by molar-refractivity contribution is 7.99. The van der Waals surface area contributed by atoms with E-state index in [1.165, 1.54) is 0 Å². The smallest absolute Gasteiger partial charge is 0.251 e. The normalized spacial score (nSPS) is 21.3. The minimum Gasteiger partial charge on any atom is -0.497 e. The Bertz CT molecular complexity index is 901. The van der Waals surface area contributed by atoms with Gasteiger partial charge in [-0.05, 0) is 30.4 Å². The summed E-state index contributed by atoms with van der Waals surface area (Å²) in [5.41, 5.74) is 1.24. The number of carbonyl (C=O) groups is 2. The van der Waals surface area contributed by atoms with Gasteiger partial charge in [0.25, 0.3) is 5.91 Å². The molecule has 7 nitrogen and oxygen atoms in total. The zero-order chi connectivity index (χ0) is 20.2.